The standard InChI is InChI=1S/C24H24FN5O4/c1-15(5-4-10-26-3)23(32)29-22-9-6-17(12-28-22)20-8-7-18(11-21(20)25)30-14-19(34-24(30)33)13-27-16(2)31/h4-12,19H,3,13-14H2,1-2H3,(H,27,31)(H,28,29,32)/b10-4-,15-5+/t19-/m0/s1. The Bertz CT molecular complexity index is 1160. The molecule has 10 heteroatoms. The van der Waals surface area contributed by atoms with Gasteiger partial charge >= 0.3 is 6.09 Å². The number of pyridine rings is 1. The van der Waals surface area contributed by atoms with Gasteiger partial charge in [0, 0.05) is 36.0 Å². The summed E-state index contributed by atoms with van der Waals surface area (Å²) in [5.41, 5.74) is 1.58. The minimum Gasteiger partial charge on any atom is -0.442 e. The van der Waals surface area contributed by atoms with Crippen molar-refractivity contribution in [3.05, 3.63) is 66.3 Å². The summed E-state index contributed by atoms with van der Waals surface area (Å²) in [5.74, 6) is -0.794. The second kappa shape index (κ2) is 11.0. The van der Waals surface area contributed by atoms with E-state index < -0.39 is 18.0 Å². The number of ether oxygens (including phenoxy) is 1. The summed E-state index contributed by atoms with van der Waals surface area (Å²) in [6, 6.07) is 7.60. The van der Waals surface area contributed by atoms with E-state index in [9.17, 15) is 18.8 Å². The number of nitrogens with one attached hydrogen (secondary N) is 2. The molecular formula is C24H24FN5O4. The molecule has 0 bridgehead atoms. The lowest BCUT2D eigenvalue weighted by Gasteiger charge is -2.14. The molecule has 9 nitrogen and oxygen atoms in total. The van der Waals surface area contributed by atoms with Crippen LogP contribution in [0.25, 0.3) is 11.1 Å². The van der Waals surface area contributed by atoms with E-state index in [1.807, 2.05) is 0 Å². The van der Waals surface area contributed by atoms with Crippen LogP contribution in [-0.2, 0) is 14.3 Å². The Morgan fingerprint density at radius 1 is 1.32 bits per heavy atom. The summed E-state index contributed by atoms with van der Waals surface area (Å²) in [7, 11) is 0. The summed E-state index contributed by atoms with van der Waals surface area (Å²) >= 11 is 0. The average molecular weight is 465 g/mol. The fourth-order valence-electron chi connectivity index (χ4n) is 3.17. The second-order valence-corrected chi connectivity index (χ2v) is 7.48. The van der Waals surface area contributed by atoms with Gasteiger partial charge in [0.15, 0.2) is 0 Å². The summed E-state index contributed by atoms with van der Waals surface area (Å²) in [6.07, 6.45) is 4.97. The van der Waals surface area contributed by atoms with Crippen LogP contribution in [0.4, 0.5) is 20.7 Å². The molecule has 1 aromatic carbocycles. The predicted octanol–water partition coefficient (Wildman–Crippen LogP) is 3.45. The zero-order valence-corrected chi connectivity index (χ0v) is 18.7. The quantitative estimate of drug-likeness (QED) is 0.352. The first kappa shape index (κ1) is 24.3. The molecule has 1 atom stereocenters. The van der Waals surface area contributed by atoms with Gasteiger partial charge in [0.1, 0.15) is 17.7 Å². The average Bonchev–Trinajstić information content (AvgIpc) is 3.19. The highest BCUT2D eigenvalue weighted by Crippen LogP contribution is 2.29. The molecule has 3 amide bonds. The van der Waals surface area contributed by atoms with Crippen LogP contribution < -0.4 is 15.5 Å². The second-order valence-electron chi connectivity index (χ2n) is 7.48. The predicted molar refractivity (Wildman–Crippen MR) is 127 cm³/mol. The number of halogens is 1. The highest BCUT2D eigenvalue weighted by atomic mass is 19.1. The number of aromatic nitrogens is 1. The summed E-state index contributed by atoms with van der Waals surface area (Å²) in [4.78, 5) is 44.4. The molecule has 2 N–H and O–H groups in total. The molecule has 1 saturated heterocycles. The third-order valence-electron chi connectivity index (χ3n) is 4.93. The SMILES string of the molecule is C=N/C=C\C=C(/C)C(=O)Nc1ccc(-c2ccc(N3C[C@H](CNC(C)=O)OC3=O)cc2F)cn1. The molecule has 3 rings (SSSR count). The van der Waals surface area contributed by atoms with Crippen LogP contribution >= 0.6 is 0 Å². The Kier molecular flexibility index (Phi) is 7.86. The van der Waals surface area contributed by atoms with Crippen LogP contribution in [0, 0.1) is 5.82 Å². The van der Waals surface area contributed by atoms with E-state index >= 15 is 0 Å². The topological polar surface area (TPSA) is 113 Å². The van der Waals surface area contributed by atoms with Crippen LogP contribution in [-0.4, -0.2) is 48.8 Å². The van der Waals surface area contributed by atoms with Crippen molar-refractivity contribution < 1.29 is 23.5 Å². The Balaban J connectivity index is 1.68. The molecular weight excluding hydrogens is 441 g/mol. The highest BCUT2D eigenvalue weighted by molar-refractivity contribution is 6.03. The maximum atomic E-state index is 14.9. The van der Waals surface area contributed by atoms with Gasteiger partial charge in [-0.05, 0) is 50.0 Å². The number of hydrogen-bond donors (Lipinski definition) is 2. The lowest BCUT2D eigenvalue weighted by Crippen LogP contribution is -2.33. The zero-order chi connectivity index (χ0) is 24.7. The van der Waals surface area contributed by atoms with Crippen LogP contribution in [0.3, 0.4) is 0 Å². The molecule has 34 heavy (non-hydrogen) atoms. The highest BCUT2D eigenvalue weighted by Gasteiger charge is 2.32. The smallest absolute Gasteiger partial charge is 0.414 e. The van der Waals surface area contributed by atoms with Crippen molar-refractivity contribution in [2.24, 2.45) is 4.99 Å². The van der Waals surface area contributed by atoms with Crippen LogP contribution in [0.1, 0.15) is 13.8 Å². The Morgan fingerprint density at radius 3 is 2.76 bits per heavy atom. The normalized spacial score (nSPS) is 15.9. The molecule has 0 radical (unpaired) electrons. The number of allylic oxidation sites excluding steroid dienone is 2. The van der Waals surface area contributed by atoms with E-state index in [2.05, 4.69) is 27.3 Å². The maximum Gasteiger partial charge on any atom is 0.414 e. The van der Waals surface area contributed by atoms with Gasteiger partial charge in [0.2, 0.25) is 5.91 Å². The molecule has 0 spiro atoms. The minimum atomic E-state index is -0.607. The molecule has 1 aromatic heterocycles. The van der Waals surface area contributed by atoms with Crippen LogP contribution in [0.5, 0.6) is 0 Å². The van der Waals surface area contributed by atoms with Crippen molar-refractivity contribution in [2.75, 3.05) is 23.3 Å². The number of hydrogen-bond acceptors (Lipinski definition) is 6. The molecule has 0 aliphatic carbocycles. The Morgan fingerprint density at radius 2 is 2.12 bits per heavy atom. The zero-order valence-electron chi connectivity index (χ0n) is 18.7. The number of amides is 3. The number of rotatable bonds is 8. The lowest BCUT2D eigenvalue weighted by molar-refractivity contribution is -0.119. The van der Waals surface area contributed by atoms with Gasteiger partial charge in [-0.15, -0.1) is 0 Å². The molecule has 1 fully saturated rings. The van der Waals surface area contributed by atoms with Gasteiger partial charge in [-0.3, -0.25) is 19.5 Å². The molecule has 1 aliphatic heterocycles. The summed E-state index contributed by atoms with van der Waals surface area (Å²) in [6.45, 7) is 6.71. The minimum absolute atomic E-state index is 0.185. The van der Waals surface area contributed by atoms with Crippen molar-refractivity contribution in [3.63, 3.8) is 0 Å². The first-order chi connectivity index (χ1) is 16.3. The van der Waals surface area contributed by atoms with Crippen molar-refractivity contribution >= 4 is 36.1 Å². The summed E-state index contributed by atoms with van der Waals surface area (Å²) < 4.78 is 20.1. The van der Waals surface area contributed by atoms with Gasteiger partial charge in [0.05, 0.1) is 18.8 Å². The van der Waals surface area contributed by atoms with Crippen LogP contribution in [0.15, 0.2) is 65.4 Å². The van der Waals surface area contributed by atoms with E-state index in [1.54, 1.807) is 43.3 Å². The van der Waals surface area contributed by atoms with Crippen LogP contribution in [0.2, 0.25) is 0 Å². The van der Waals surface area contributed by atoms with E-state index in [-0.39, 0.29) is 30.5 Å². The van der Waals surface area contributed by atoms with E-state index in [0.29, 0.717) is 22.6 Å². The Hall–Kier alpha value is -4.34. The third kappa shape index (κ3) is 6.12. The summed E-state index contributed by atoms with van der Waals surface area (Å²) in [5, 5.41) is 5.25. The number of carbonyl (C=O) groups excluding carboxylic acids is 3. The monoisotopic (exact) mass is 465 g/mol. The van der Waals surface area contributed by atoms with Gasteiger partial charge in [-0.2, -0.15) is 0 Å². The first-order valence-corrected chi connectivity index (χ1v) is 10.4. The van der Waals surface area contributed by atoms with Crippen molar-refractivity contribution in [1.82, 2.24) is 10.3 Å². The number of cyclic esters (lactones) is 1. The van der Waals surface area contributed by atoms with E-state index in [0.717, 1.165) is 0 Å². The molecule has 2 heterocycles. The fourth-order valence-corrected chi connectivity index (χ4v) is 3.17. The number of carbonyl (C=O) groups is 3. The molecule has 2 aromatic rings. The number of benzene rings is 1. The molecule has 176 valence electrons. The van der Waals surface area contributed by atoms with Crippen molar-refractivity contribution in [2.45, 2.75) is 20.0 Å². The van der Waals surface area contributed by atoms with E-state index in [4.69, 9.17) is 4.74 Å². The maximum absolute atomic E-state index is 14.9. The van der Waals surface area contributed by atoms with Gasteiger partial charge in [0.25, 0.3) is 5.91 Å². The number of nitrogens with zero attached hydrogens (tertiary/aromatic N) is 3. The first-order valence-electron chi connectivity index (χ1n) is 10.4. The fraction of sp³-hybridized carbons (Fsp3) is 0.208. The van der Waals surface area contributed by atoms with E-state index in [1.165, 1.54) is 30.3 Å². The third-order valence-corrected chi connectivity index (χ3v) is 4.93. The lowest BCUT2D eigenvalue weighted by atomic mass is 10.1. The Labute approximate surface area is 196 Å². The van der Waals surface area contributed by atoms with Gasteiger partial charge < -0.3 is 15.4 Å². The largest absolute Gasteiger partial charge is 0.442 e. The number of anilines is 2. The van der Waals surface area contributed by atoms with Crippen molar-refractivity contribution in [3.8, 4) is 11.1 Å². The van der Waals surface area contributed by atoms with Gasteiger partial charge in [-0.25, -0.2) is 14.2 Å². The van der Waals surface area contributed by atoms with Gasteiger partial charge in [-0.1, -0.05) is 6.08 Å². The van der Waals surface area contributed by atoms with Crippen molar-refractivity contribution in [1.29, 1.82) is 0 Å². The molecule has 0 unspecified atom stereocenters. The molecule has 0 saturated carbocycles. The number of aliphatic imine (C=N–C) groups is 1. The molecule has 1 aliphatic rings.